The van der Waals surface area contributed by atoms with Crippen LogP contribution in [-0.2, 0) is 0 Å². The predicted octanol–water partition coefficient (Wildman–Crippen LogP) is 7.78. The highest BCUT2D eigenvalue weighted by molar-refractivity contribution is 6.73. The van der Waals surface area contributed by atoms with E-state index >= 15 is 0 Å². The molecule has 182 valence electrons. The molecule has 0 radical (unpaired) electrons. The summed E-state index contributed by atoms with van der Waals surface area (Å²) >= 11 is 0. The summed E-state index contributed by atoms with van der Waals surface area (Å²) in [4.78, 5) is 9.75. The van der Waals surface area contributed by atoms with Gasteiger partial charge in [0.05, 0.1) is 22.4 Å². The van der Waals surface area contributed by atoms with Crippen LogP contribution in [-0.4, -0.2) is 21.1 Å². The van der Waals surface area contributed by atoms with Gasteiger partial charge in [-0.05, 0) is 54.6 Å². The van der Waals surface area contributed by atoms with Crippen molar-refractivity contribution in [3.05, 3.63) is 134 Å². The molecule has 0 spiro atoms. The second-order valence-corrected chi connectivity index (χ2v) is 10.1. The van der Waals surface area contributed by atoms with Gasteiger partial charge in [0.25, 0.3) is 0 Å². The molecule has 5 aromatic carbocycles. The van der Waals surface area contributed by atoms with Gasteiger partial charge in [0.2, 0.25) is 0 Å². The van der Waals surface area contributed by atoms with Gasteiger partial charge in [-0.15, -0.1) is 0 Å². The summed E-state index contributed by atoms with van der Waals surface area (Å²) < 4.78 is 4.67. The minimum atomic E-state index is -0.0751. The van der Waals surface area contributed by atoms with E-state index in [9.17, 15) is 0 Å². The SMILES string of the molecule is c1ccc(N2B3N(c4ccc(-n5c6ccccc6c6ccccc65)cc4-c4nccn43)c3ccccc32)cc1. The Hall–Kier alpha value is -5.23. The van der Waals surface area contributed by atoms with Crippen molar-refractivity contribution in [2.75, 3.05) is 9.62 Å². The second kappa shape index (κ2) is 7.65. The average molecular weight is 499 g/mol. The first-order valence-corrected chi connectivity index (χ1v) is 13.3. The molecule has 39 heavy (non-hydrogen) atoms. The van der Waals surface area contributed by atoms with Gasteiger partial charge >= 0.3 is 7.12 Å². The Bertz CT molecular complexity index is 2000. The van der Waals surface area contributed by atoms with Crippen molar-refractivity contribution in [3.8, 4) is 17.1 Å². The van der Waals surface area contributed by atoms with Crippen LogP contribution >= 0.6 is 0 Å². The van der Waals surface area contributed by atoms with Crippen molar-refractivity contribution < 1.29 is 0 Å². The molecular weight excluding hydrogens is 477 g/mol. The first kappa shape index (κ1) is 20.8. The van der Waals surface area contributed by atoms with Crippen molar-refractivity contribution in [2.24, 2.45) is 0 Å². The topological polar surface area (TPSA) is 29.2 Å². The van der Waals surface area contributed by atoms with Crippen molar-refractivity contribution in [2.45, 2.75) is 0 Å². The average Bonchev–Trinajstić information content (AvgIpc) is 3.70. The molecule has 5 nitrogen and oxygen atoms in total. The maximum atomic E-state index is 4.90. The predicted molar refractivity (Wildman–Crippen MR) is 160 cm³/mol. The lowest BCUT2D eigenvalue weighted by Crippen LogP contribution is -2.51. The molecule has 0 fully saturated rings. The van der Waals surface area contributed by atoms with Crippen LogP contribution in [0.3, 0.4) is 0 Å². The van der Waals surface area contributed by atoms with Gasteiger partial charge in [0, 0.05) is 45.8 Å². The molecular formula is C33H22BN5. The first-order valence-electron chi connectivity index (χ1n) is 13.3. The third-order valence-electron chi connectivity index (χ3n) is 8.13. The third kappa shape index (κ3) is 2.72. The van der Waals surface area contributed by atoms with Gasteiger partial charge in [-0.3, -0.25) is 0 Å². The molecule has 2 aliphatic heterocycles. The molecule has 0 bridgehead atoms. The number of hydrogen-bond acceptors (Lipinski definition) is 3. The van der Waals surface area contributed by atoms with Gasteiger partial charge in [-0.1, -0.05) is 66.7 Å². The van der Waals surface area contributed by atoms with Crippen LogP contribution in [0.4, 0.5) is 22.7 Å². The molecule has 0 N–H and O–H groups in total. The van der Waals surface area contributed by atoms with E-state index in [4.69, 9.17) is 4.98 Å². The summed E-state index contributed by atoms with van der Waals surface area (Å²) in [6.07, 6.45) is 4.02. The lowest BCUT2D eigenvalue weighted by molar-refractivity contribution is 1.09. The number of anilines is 4. The van der Waals surface area contributed by atoms with E-state index in [1.54, 1.807) is 0 Å². The van der Waals surface area contributed by atoms with Crippen LogP contribution in [0.2, 0.25) is 0 Å². The molecule has 4 heterocycles. The number of imidazole rings is 1. The highest BCUT2D eigenvalue weighted by Gasteiger charge is 2.49. The minimum absolute atomic E-state index is 0.0751. The van der Waals surface area contributed by atoms with Crippen LogP contribution in [0, 0.1) is 0 Å². The summed E-state index contributed by atoms with van der Waals surface area (Å²) in [6, 6.07) is 43.4. The Morgan fingerprint density at radius 3 is 1.92 bits per heavy atom. The van der Waals surface area contributed by atoms with E-state index in [-0.39, 0.29) is 7.12 Å². The molecule has 0 saturated carbocycles. The highest BCUT2D eigenvalue weighted by Crippen LogP contribution is 2.51. The molecule has 0 atom stereocenters. The summed E-state index contributed by atoms with van der Waals surface area (Å²) in [5.41, 5.74) is 9.36. The van der Waals surface area contributed by atoms with Crippen molar-refractivity contribution in [1.82, 2.24) is 14.0 Å². The number of hydrogen-bond donors (Lipinski definition) is 0. The molecule has 0 saturated heterocycles. The lowest BCUT2D eigenvalue weighted by Gasteiger charge is -2.35. The molecule has 9 rings (SSSR count). The number of nitrogens with zero attached hydrogens (tertiary/aromatic N) is 5. The zero-order chi connectivity index (χ0) is 25.5. The Morgan fingerprint density at radius 2 is 1.18 bits per heavy atom. The summed E-state index contributed by atoms with van der Waals surface area (Å²) in [5.74, 6) is 0.975. The molecule has 2 aromatic heterocycles. The standard InChI is InChI=1S/C33H22BN5/c1-2-10-23(11-3-1)38-31-16-8-9-17-32(31)39-30-19-18-24(22-27(30)33-35-20-21-36(33)34(38)39)37-28-14-6-4-12-25(28)26-13-5-7-15-29(26)37/h1-22H. The maximum absolute atomic E-state index is 4.90. The van der Waals surface area contributed by atoms with E-state index < -0.39 is 0 Å². The highest BCUT2D eigenvalue weighted by atomic mass is 15.4. The number of para-hydroxylation sites is 5. The van der Waals surface area contributed by atoms with Gasteiger partial charge in [0.1, 0.15) is 5.82 Å². The van der Waals surface area contributed by atoms with E-state index in [0.717, 1.165) is 28.5 Å². The van der Waals surface area contributed by atoms with Crippen LogP contribution in [0.5, 0.6) is 0 Å². The lowest BCUT2D eigenvalue weighted by atomic mass is 9.82. The zero-order valence-electron chi connectivity index (χ0n) is 21.0. The fourth-order valence-corrected chi connectivity index (χ4v) is 6.56. The summed E-state index contributed by atoms with van der Waals surface area (Å²) in [6.45, 7) is 0. The molecule has 0 amide bonds. The van der Waals surface area contributed by atoms with E-state index in [2.05, 4.69) is 146 Å². The van der Waals surface area contributed by atoms with Crippen LogP contribution in [0.25, 0.3) is 38.9 Å². The van der Waals surface area contributed by atoms with Gasteiger partial charge in [-0.2, -0.15) is 0 Å². The van der Waals surface area contributed by atoms with Gasteiger partial charge in [0.15, 0.2) is 0 Å². The number of fused-ring (bicyclic) bond motifs is 11. The quantitative estimate of drug-likeness (QED) is 0.228. The van der Waals surface area contributed by atoms with Crippen LogP contribution < -0.4 is 9.62 Å². The Balaban J connectivity index is 1.30. The van der Waals surface area contributed by atoms with E-state index in [1.807, 2.05) is 6.20 Å². The smallest absolute Gasteiger partial charge is 0.344 e. The van der Waals surface area contributed by atoms with Crippen LogP contribution in [0.1, 0.15) is 0 Å². The van der Waals surface area contributed by atoms with E-state index in [0.29, 0.717) is 0 Å². The Kier molecular flexibility index (Phi) is 4.08. The van der Waals surface area contributed by atoms with Gasteiger partial charge in [-0.25, -0.2) is 4.98 Å². The molecule has 0 aliphatic carbocycles. The zero-order valence-corrected chi connectivity index (χ0v) is 21.0. The van der Waals surface area contributed by atoms with Crippen molar-refractivity contribution in [1.29, 1.82) is 0 Å². The fourth-order valence-electron chi connectivity index (χ4n) is 6.56. The normalized spacial score (nSPS) is 13.5. The second-order valence-electron chi connectivity index (χ2n) is 10.1. The first-order chi connectivity index (χ1) is 19.4. The third-order valence-corrected chi connectivity index (χ3v) is 8.13. The minimum Gasteiger partial charge on any atom is -0.344 e. The maximum Gasteiger partial charge on any atom is 0.519 e. The number of rotatable bonds is 2. The van der Waals surface area contributed by atoms with Crippen molar-refractivity contribution in [3.63, 3.8) is 0 Å². The molecule has 2 aliphatic rings. The molecule has 6 heteroatoms. The Labute approximate surface area is 225 Å². The van der Waals surface area contributed by atoms with Crippen LogP contribution in [0.15, 0.2) is 134 Å². The monoisotopic (exact) mass is 499 g/mol. The number of aromatic nitrogens is 3. The summed E-state index contributed by atoms with van der Waals surface area (Å²) in [5, 5.41) is 2.53. The summed E-state index contributed by atoms with van der Waals surface area (Å²) in [7, 11) is -0.0751. The van der Waals surface area contributed by atoms with Gasteiger partial charge < -0.3 is 18.7 Å². The van der Waals surface area contributed by atoms with Crippen molar-refractivity contribution >= 4 is 51.7 Å². The molecule has 7 aromatic rings. The molecule has 0 unspecified atom stereocenters. The Morgan fingerprint density at radius 1 is 0.538 bits per heavy atom. The van der Waals surface area contributed by atoms with E-state index in [1.165, 1.54) is 33.2 Å². The fraction of sp³-hybridized carbons (Fsp3) is 0. The largest absolute Gasteiger partial charge is 0.519 e. The number of benzene rings is 5.